The summed E-state index contributed by atoms with van der Waals surface area (Å²) in [6.45, 7) is 4.25. The van der Waals surface area contributed by atoms with Crippen LogP contribution in [0.1, 0.15) is 116 Å². The Morgan fingerprint density at radius 1 is 0.839 bits per heavy atom. The third kappa shape index (κ3) is 14.2. The van der Waals surface area contributed by atoms with E-state index in [0.29, 0.717) is 17.6 Å². The number of aliphatic hydroxyl groups is 1. The first kappa shape index (κ1) is 30.4. The van der Waals surface area contributed by atoms with Crippen LogP contribution in [0.15, 0.2) is 4.99 Å². The van der Waals surface area contributed by atoms with Crippen molar-refractivity contribution in [2.75, 3.05) is 32.8 Å². The minimum atomic E-state index is -0.801. The zero-order valence-electron chi connectivity index (χ0n) is 20.1. The van der Waals surface area contributed by atoms with Crippen LogP contribution in [0.3, 0.4) is 0 Å². The average Bonchev–Trinajstić information content (AvgIpc) is 3.09. The molecule has 1 atom stereocenters. The summed E-state index contributed by atoms with van der Waals surface area (Å²) >= 11 is 0. The molecule has 1 aliphatic heterocycles. The summed E-state index contributed by atoms with van der Waals surface area (Å²) in [7, 11) is 0. The zero-order valence-corrected chi connectivity index (χ0v) is 20.9. The van der Waals surface area contributed by atoms with Crippen LogP contribution in [0.4, 0.5) is 0 Å². The number of aliphatic imine (C=N–C) groups is 1. The van der Waals surface area contributed by atoms with E-state index in [9.17, 15) is 15.0 Å². The van der Waals surface area contributed by atoms with Gasteiger partial charge >= 0.3 is 5.97 Å². The Bertz CT molecular complexity index is 474. The minimum Gasteiger partial charge on any atom is -1.00 e. The maximum atomic E-state index is 11.3. The van der Waals surface area contributed by atoms with Crippen LogP contribution >= 0.6 is 0 Å². The quantitative estimate of drug-likeness (QED) is 0.204. The Morgan fingerprint density at radius 2 is 1.29 bits per heavy atom. The second kappa shape index (κ2) is 20.0. The van der Waals surface area contributed by atoms with Crippen molar-refractivity contribution in [1.82, 2.24) is 0 Å². The van der Waals surface area contributed by atoms with Gasteiger partial charge in [-0.1, -0.05) is 103 Å². The van der Waals surface area contributed by atoms with Gasteiger partial charge in [-0.05, 0) is 6.42 Å². The van der Waals surface area contributed by atoms with Gasteiger partial charge < -0.3 is 22.6 Å². The molecule has 1 aliphatic rings. The number of halogens is 1. The van der Waals surface area contributed by atoms with Crippen molar-refractivity contribution >= 4 is 11.8 Å². The summed E-state index contributed by atoms with van der Waals surface area (Å²) < 4.78 is 0.366. The number of unbranched alkanes of at least 4 members (excludes halogenated alkanes) is 15. The first-order chi connectivity index (χ1) is 14.6. The van der Waals surface area contributed by atoms with Crippen LogP contribution in [0, 0.1) is 0 Å². The van der Waals surface area contributed by atoms with Crippen molar-refractivity contribution in [2.24, 2.45) is 4.99 Å². The molecular formula is C25H49ClN2O3. The fourth-order valence-electron chi connectivity index (χ4n) is 4.74. The number of amidine groups is 1. The average molecular weight is 461 g/mol. The van der Waals surface area contributed by atoms with E-state index in [1.165, 1.54) is 96.3 Å². The molecule has 5 nitrogen and oxygen atoms in total. The summed E-state index contributed by atoms with van der Waals surface area (Å²) in [6.07, 6.45) is 22.6. The maximum absolute atomic E-state index is 11.3. The van der Waals surface area contributed by atoms with Gasteiger partial charge in [-0.2, -0.15) is 0 Å². The second-order valence-electron chi connectivity index (χ2n) is 9.22. The number of aliphatic hydroxyl groups excluding tert-OH is 1. The van der Waals surface area contributed by atoms with E-state index in [-0.39, 0.29) is 25.6 Å². The van der Waals surface area contributed by atoms with Gasteiger partial charge in [0.15, 0.2) is 12.4 Å². The standard InChI is InChI=1S/C25H48N2O3.ClH/c1-2-3-4-5-6-7-8-9-10-11-12-13-14-15-16-17-18-24-26-19-20-27(24,21-22-28)23-25(29)30;/h28H,2-23H2,1H3;1H. The van der Waals surface area contributed by atoms with Crippen LogP contribution in [0.2, 0.25) is 0 Å². The molecule has 0 bridgehead atoms. The number of aliphatic carboxylic acids is 1. The predicted molar refractivity (Wildman–Crippen MR) is 126 cm³/mol. The van der Waals surface area contributed by atoms with Crippen molar-refractivity contribution < 1.29 is 31.9 Å². The number of carboxylic acid groups (broad SMARTS) is 1. The Balaban J connectivity index is 0.00000900. The number of hydrogen-bond acceptors (Lipinski definition) is 3. The van der Waals surface area contributed by atoms with E-state index in [1.807, 2.05) is 0 Å². The molecule has 0 fully saturated rings. The van der Waals surface area contributed by atoms with Crippen molar-refractivity contribution in [1.29, 1.82) is 0 Å². The van der Waals surface area contributed by atoms with Crippen molar-refractivity contribution in [2.45, 2.75) is 116 Å². The first-order valence-electron chi connectivity index (χ1n) is 12.9. The fraction of sp³-hybridized carbons (Fsp3) is 0.920. The van der Waals surface area contributed by atoms with Crippen molar-refractivity contribution in [3.05, 3.63) is 0 Å². The van der Waals surface area contributed by atoms with Gasteiger partial charge in [0.1, 0.15) is 13.1 Å². The topological polar surface area (TPSA) is 69.9 Å². The molecule has 1 heterocycles. The van der Waals surface area contributed by atoms with Crippen molar-refractivity contribution in [3.8, 4) is 0 Å². The zero-order chi connectivity index (χ0) is 21.9. The SMILES string of the molecule is CCCCCCCCCCCCCCCCCCC1=NCC[N+]1(CCO)CC(=O)O.[Cl-]. The van der Waals surface area contributed by atoms with Gasteiger partial charge in [0, 0.05) is 6.42 Å². The van der Waals surface area contributed by atoms with Gasteiger partial charge in [-0.3, -0.25) is 4.48 Å². The summed E-state index contributed by atoms with van der Waals surface area (Å²) in [5.41, 5.74) is 0. The lowest BCUT2D eigenvalue weighted by Gasteiger charge is -2.32. The molecule has 184 valence electrons. The van der Waals surface area contributed by atoms with E-state index >= 15 is 0 Å². The summed E-state index contributed by atoms with van der Waals surface area (Å²) in [5, 5.41) is 18.6. The molecule has 0 saturated heterocycles. The highest BCUT2D eigenvalue weighted by Crippen LogP contribution is 2.20. The molecule has 2 N–H and O–H groups in total. The highest BCUT2D eigenvalue weighted by atomic mass is 35.5. The number of rotatable bonds is 21. The van der Waals surface area contributed by atoms with E-state index in [4.69, 9.17) is 0 Å². The fourth-order valence-corrected chi connectivity index (χ4v) is 4.74. The first-order valence-corrected chi connectivity index (χ1v) is 12.9. The summed E-state index contributed by atoms with van der Waals surface area (Å²) in [6, 6.07) is 0. The molecule has 0 amide bonds. The molecule has 0 saturated carbocycles. The molecule has 1 unspecified atom stereocenters. The Labute approximate surface area is 197 Å². The molecule has 0 aromatic heterocycles. The number of nitrogens with zero attached hydrogens (tertiary/aromatic N) is 2. The van der Waals surface area contributed by atoms with Crippen molar-refractivity contribution in [3.63, 3.8) is 0 Å². The highest BCUT2D eigenvalue weighted by Gasteiger charge is 2.39. The van der Waals surface area contributed by atoms with E-state index < -0.39 is 5.97 Å². The molecule has 0 radical (unpaired) electrons. The highest BCUT2D eigenvalue weighted by molar-refractivity contribution is 5.80. The molecule has 31 heavy (non-hydrogen) atoms. The lowest BCUT2D eigenvalue weighted by molar-refractivity contribution is -0.829. The smallest absolute Gasteiger partial charge is 0.359 e. The molecule has 1 rings (SSSR count). The summed E-state index contributed by atoms with van der Waals surface area (Å²) in [5.74, 6) is 0.196. The Kier molecular flexibility index (Phi) is 19.6. The second-order valence-corrected chi connectivity index (χ2v) is 9.22. The molecular weight excluding hydrogens is 412 g/mol. The van der Waals surface area contributed by atoms with Gasteiger partial charge in [-0.15, -0.1) is 0 Å². The molecule has 6 heteroatoms. The maximum Gasteiger partial charge on any atom is 0.359 e. The lowest BCUT2D eigenvalue weighted by atomic mass is 10.0. The van der Waals surface area contributed by atoms with Crippen LogP contribution in [0.5, 0.6) is 0 Å². The van der Waals surface area contributed by atoms with Gasteiger partial charge in [0.25, 0.3) is 0 Å². The molecule has 0 aromatic rings. The predicted octanol–water partition coefficient (Wildman–Crippen LogP) is 2.95. The largest absolute Gasteiger partial charge is 1.00 e. The van der Waals surface area contributed by atoms with Gasteiger partial charge in [-0.25, -0.2) is 9.79 Å². The monoisotopic (exact) mass is 460 g/mol. The van der Waals surface area contributed by atoms with Gasteiger partial charge in [0.2, 0.25) is 0 Å². The molecule has 0 aromatic carbocycles. The Morgan fingerprint density at radius 3 is 1.71 bits per heavy atom. The Hall–Kier alpha value is -0.650. The molecule has 0 aliphatic carbocycles. The number of carboxylic acids is 1. The summed E-state index contributed by atoms with van der Waals surface area (Å²) in [4.78, 5) is 15.8. The third-order valence-electron chi connectivity index (χ3n) is 6.59. The van der Waals surface area contributed by atoms with Crippen LogP contribution < -0.4 is 12.4 Å². The number of carbonyl (C=O) groups is 1. The lowest BCUT2D eigenvalue weighted by Crippen LogP contribution is -3.00. The normalized spacial score (nSPS) is 18.1. The van der Waals surface area contributed by atoms with Crippen LogP contribution in [-0.2, 0) is 4.79 Å². The van der Waals surface area contributed by atoms with E-state index in [2.05, 4.69) is 11.9 Å². The van der Waals surface area contributed by atoms with Gasteiger partial charge in [0.05, 0.1) is 13.2 Å². The van der Waals surface area contributed by atoms with E-state index in [0.717, 1.165) is 25.2 Å². The van der Waals surface area contributed by atoms with E-state index in [1.54, 1.807) is 0 Å². The number of quaternary nitrogens is 1. The molecule has 0 spiro atoms. The van der Waals surface area contributed by atoms with Crippen LogP contribution in [0.25, 0.3) is 0 Å². The number of hydrogen-bond donors (Lipinski definition) is 2. The minimum absolute atomic E-state index is 0. The van der Waals surface area contributed by atoms with Crippen LogP contribution in [-0.4, -0.2) is 59.3 Å². The third-order valence-corrected chi connectivity index (χ3v) is 6.59.